The first-order valence-electron chi connectivity index (χ1n) is 12.1. The standard InChI is InChI=1S/C29H31ClN2O4/c1-29(28(35)31(2)19-21-9-13-25(30)14-10-21)15-16-32(29)26(33)17-20-7-11-22(12-8-20)23-5-4-6-24(18-23)27(34)36-3/h4-14,24H,15-19H2,1-3H3. The van der Waals surface area contributed by atoms with Crippen LogP contribution in [-0.4, -0.2) is 53.8 Å². The number of amides is 2. The molecule has 0 spiro atoms. The van der Waals surface area contributed by atoms with Crippen LogP contribution in [0.15, 0.2) is 66.8 Å². The first-order chi connectivity index (χ1) is 17.2. The highest BCUT2D eigenvalue weighted by atomic mass is 35.5. The minimum atomic E-state index is -0.833. The van der Waals surface area contributed by atoms with Gasteiger partial charge in [0, 0.05) is 25.2 Å². The van der Waals surface area contributed by atoms with Crippen LogP contribution in [0.5, 0.6) is 0 Å². The van der Waals surface area contributed by atoms with E-state index in [0.29, 0.717) is 31.0 Å². The number of ether oxygens (including phenoxy) is 1. The molecule has 2 aromatic carbocycles. The van der Waals surface area contributed by atoms with Crippen molar-refractivity contribution in [1.82, 2.24) is 9.80 Å². The summed E-state index contributed by atoms with van der Waals surface area (Å²) in [6.07, 6.45) is 7.18. The van der Waals surface area contributed by atoms with E-state index in [1.54, 1.807) is 29.0 Å². The molecule has 1 fully saturated rings. The van der Waals surface area contributed by atoms with Crippen LogP contribution in [-0.2, 0) is 32.1 Å². The number of carbonyl (C=O) groups is 3. The van der Waals surface area contributed by atoms with Gasteiger partial charge in [-0.25, -0.2) is 0 Å². The number of likely N-dealkylation sites (N-methyl/N-ethyl adjacent to an activating group) is 1. The summed E-state index contributed by atoms with van der Waals surface area (Å²) in [5.74, 6) is -0.652. The summed E-state index contributed by atoms with van der Waals surface area (Å²) in [5, 5.41) is 0.654. The van der Waals surface area contributed by atoms with Crippen molar-refractivity contribution in [3.63, 3.8) is 0 Å². The lowest BCUT2D eigenvalue weighted by Gasteiger charge is -2.50. The number of benzene rings is 2. The minimum Gasteiger partial charge on any atom is -0.469 e. The number of methoxy groups -OCH3 is 1. The molecule has 36 heavy (non-hydrogen) atoms. The van der Waals surface area contributed by atoms with Gasteiger partial charge >= 0.3 is 5.97 Å². The molecule has 1 aliphatic carbocycles. The Morgan fingerprint density at radius 2 is 1.75 bits per heavy atom. The molecule has 1 aliphatic heterocycles. The highest BCUT2D eigenvalue weighted by molar-refractivity contribution is 6.30. The fourth-order valence-corrected chi connectivity index (χ4v) is 4.97. The summed E-state index contributed by atoms with van der Waals surface area (Å²) in [5.41, 5.74) is 3.10. The Balaban J connectivity index is 1.37. The lowest BCUT2D eigenvalue weighted by atomic mass is 9.84. The molecule has 4 rings (SSSR count). The van der Waals surface area contributed by atoms with E-state index < -0.39 is 5.54 Å². The first kappa shape index (κ1) is 25.7. The quantitative estimate of drug-likeness (QED) is 0.512. The smallest absolute Gasteiger partial charge is 0.312 e. The third kappa shape index (κ3) is 5.39. The second-order valence-corrected chi connectivity index (χ2v) is 10.1. The van der Waals surface area contributed by atoms with Gasteiger partial charge in [0.05, 0.1) is 19.4 Å². The van der Waals surface area contributed by atoms with Crippen molar-refractivity contribution >= 4 is 35.0 Å². The second kappa shape index (κ2) is 10.7. The van der Waals surface area contributed by atoms with Crippen molar-refractivity contribution in [3.8, 4) is 0 Å². The van der Waals surface area contributed by atoms with Gasteiger partial charge in [0.2, 0.25) is 11.8 Å². The fourth-order valence-electron chi connectivity index (χ4n) is 4.84. The van der Waals surface area contributed by atoms with Gasteiger partial charge in [-0.1, -0.05) is 66.2 Å². The first-order valence-corrected chi connectivity index (χ1v) is 12.4. The molecule has 1 saturated heterocycles. The minimum absolute atomic E-state index is 0.0599. The number of rotatable bonds is 7. The van der Waals surface area contributed by atoms with Gasteiger partial charge in [-0.2, -0.15) is 0 Å². The average molecular weight is 507 g/mol. The van der Waals surface area contributed by atoms with Crippen LogP contribution in [0.25, 0.3) is 5.57 Å². The maximum Gasteiger partial charge on any atom is 0.312 e. The van der Waals surface area contributed by atoms with Crippen LogP contribution >= 0.6 is 11.6 Å². The average Bonchev–Trinajstić information content (AvgIpc) is 2.88. The molecule has 6 nitrogen and oxygen atoms in total. The molecule has 188 valence electrons. The molecular weight excluding hydrogens is 476 g/mol. The van der Waals surface area contributed by atoms with E-state index in [2.05, 4.69) is 0 Å². The maximum absolute atomic E-state index is 13.3. The van der Waals surface area contributed by atoms with Crippen LogP contribution in [0.4, 0.5) is 0 Å². The zero-order valence-corrected chi connectivity index (χ0v) is 21.6. The Hall–Kier alpha value is -3.38. The predicted molar refractivity (Wildman–Crippen MR) is 140 cm³/mol. The number of halogens is 1. The number of hydrogen-bond acceptors (Lipinski definition) is 4. The molecule has 2 unspecified atom stereocenters. The van der Waals surface area contributed by atoms with Crippen molar-refractivity contribution < 1.29 is 19.1 Å². The van der Waals surface area contributed by atoms with E-state index in [-0.39, 0.29) is 30.1 Å². The van der Waals surface area contributed by atoms with Gasteiger partial charge in [-0.3, -0.25) is 14.4 Å². The third-order valence-corrected chi connectivity index (χ3v) is 7.38. The molecule has 0 saturated carbocycles. The molecule has 2 aliphatic rings. The SMILES string of the molecule is COC(=O)C1C=CC=C(c2ccc(CC(=O)N3CCC3(C)C(=O)N(C)Cc3ccc(Cl)cc3)cc2)C1. The largest absolute Gasteiger partial charge is 0.469 e. The zero-order valence-electron chi connectivity index (χ0n) is 20.9. The van der Waals surface area contributed by atoms with Gasteiger partial charge in [0.25, 0.3) is 0 Å². The molecule has 7 heteroatoms. The lowest BCUT2D eigenvalue weighted by molar-refractivity contribution is -0.163. The van der Waals surface area contributed by atoms with Crippen molar-refractivity contribution in [2.24, 2.45) is 5.92 Å². The zero-order chi connectivity index (χ0) is 25.9. The number of esters is 1. The third-order valence-electron chi connectivity index (χ3n) is 7.12. The molecule has 2 aromatic rings. The Morgan fingerprint density at radius 3 is 2.36 bits per heavy atom. The summed E-state index contributed by atoms with van der Waals surface area (Å²) >= 11 is 5.96. The maximum atomic E-state index is 13.3. The summed E-state index contributed by atoms with van der Waals surface area (Å²) in [6, 6.07) is 15.2. The predicted octanol–water partition coefficient (Wildman–Crippen LogP) is 4.66. The fraction of sp³-hybridized carbons (Fsp3) is 0.345. The molecule has 0 aromatic heterocycles. The van der Waals surface area contributed by atoms with Crippen molar-refractivity contribution in [3.05, 3.63) is 88.5 Å². The van der Waals surface area contributed by atoms with Gasteiger partial charge in [-0.15, -0.1) is 0 Å². The van der Waals surface area contributed by atoms with Gasteiger partial charge in [0.15, 0.2) is 0 Å². The summed E-state index contributed by atoms with van der Waals surface area (Å²) < 4.78 is 4.87. The van der Waals surface area contributed by atoms with E-state index in [1.165, 1.54) is 7.11 Å². The number of hydrogen-bond donors (Lipinski definition) is 0. The number of allylic oxidation sites excluding steroid dienone is 3. The number of likely N-dealkylation sites (tertiary alicyclic amines) is 1. The van der Waals surface area contributed by atoms with Crippen molar-refractivity contribution in [1.29, 1.82) is 0 Å². The monoisotopic (exact) mass is 506 g/mol. The van der Waals surface area contributed by atoms with Crippen LogP contribution < -0.4 is 0 Å². The molecule has 2 atom stereocenters. The Bertz CT molecular complexity index is 1200. The van der Waals surface area contributed by atoms with Crippen LogP contribution in [0, 0.1) is 5.92 Å². The van der Waals surface area contributed by atoms with Crippen LogP contribution in [0.3, 0.4) is 0 Å². The summed E-state index contributed by atoms with van der Waals surface area (Å²) in [6.45, 7) is 2.87. The lowest BCUT2D eigenvalue weighted by Crippen LogP contribution is -2.67. The molecule has 2 amide bonds. The van der Waals surface area contributed by atoms with E-state index in [0.717, 1.165) is 22.3 Å². The molecule has 1 heterocycles. The van der Waals surface area contributed by atoms with Gasteiger partial charge < -0.3 is 14.5 Å². The Kier molecular flexibility index (Phi) is 7.65. The second-order valence-electron chi connectivity index (χ2n) is 9.64. The normalized spacial score (nSPS) is 20.8. The van der Waals surface area contributed by atoms with E-state index in [9.17, 15) is 14.4 Å². The Labute approximate surface area is 217 Å². The summed E-state index contributed by atoms with van der Waals surface area (Å²) in [4.78, 5) is 41.7. The highest BCUT2D eigenvalue weighted by Gasteiger charge is 2.50. The van der Waals surface area contributed by atoms with Gasteiger partial charge in [-0.05, 0) is 54.2 Å². The van der Waals surface area contributed by atoms with Gasteiger partial charge in [0.1, 0.15) is 5.54 Å². The number of carbonyl (C=O) groups excluding carboxylic acids is 3. The highest BCUT2D eigenvalue weighted by Crippen LogP contribution is 2.33. The number of nitrogens with zero attached hydrogens (tertiary/aromatic N) is 2. The van der Waals surface area contributed by atoms with E-state index in [4.69, 9.17) is 16.3 Å². The van der Waals surface area contributed by atoms with Crippen LogP contribution in [0.2, 0.25) is 5.02 Å². The van der Waals surface area contributed by atoms with Crippen molar-refractivity contribution in [2.75, 3.05) is 20.7 Å². The summed E-state index contributed by atoms with van der Waals surface area (Å²) in [7, 11) is 3.16. The molecular formula is C29H31ClN2O4. The molecule has 0 N–H and O–H groups in total. The Morgan fingerprint density at radius 1 is 1.08 bits per heavy atom. The van der Waals surface area contributed by atoms with E-state index >= 15 is 0 Å². The molecule has 0 bridgehead atoms. The topological polar surface area (TPSA) is 66.9 Å². The molecule has 0 radical (unpaired) electrons. The van der Waals surface area contributed by atoms with Crippen LogP contribution in [0.1, 0.15) is 36.5 Å². The van der Waals surface area contributed by atoms with Crippen molar-refractivity contribution in [2.45, 2.75) is 38.3 Å². The van der Waals surface area contributed by atoms with E-state index in [1.807, 2.05) is 61.5 Å².